The van der Waals surface area contributed by atoms with Crippen LogP contribution >= 0.6 is 0 Å². The van der Waals surface area contributed by atoms with E-state index in [1.165, 1.54) is 0 Å². The first-order valence-electron chi connectivity index (χ1n) is 9.36. The average Bonchev–Trinajstić information content (AvgIpc) is 3.43. The normalized spacial score (nSPS) is 13.5. The van der Waals surface area contributed by atoms with Crippen LogP contribution in [0.5, 0.6) is 0 Å². The monoisotopic (exact) mass is 375 g/mol. The summed E-state index contributed by atoms with van der Waals surface area (Å²) in [7, 11) is 0. The predicted octanol–water partition coefficient (Wildman–Crippen LogP) is 2.29. The highest BCUT2D eigenvalue weighted by Crippen LogP contribution is 2.20. The molecule has 3 aromatic rings. The van der Waals surface area contributed by atoms with Gasteiger partial charge in [-0.3, -0.25) is 9.59 Å². The van der Waals surface area contributed by atoms with Crippen LogP contribution in [0.4, 0.5) is 0 Å². The Hall–Kier alpha value is -3.48. The Balaban J connectivity index is 1.58. The third kappa shape index (κ3) is 3.78. The zero-order chi connectivity index (χ0) is 19.3. The molecule has 7 heteroatoms. The highest BCUT2D eigenvalue weighted by Gasteiger charge is 2.21. The maximum absolute atomic E-state index is 12.6. The molecule has 2 aromatic carbocycles. The summed E-state index contributed by atoms with van der Waals surface area (Å²) in [6, 6.07) is 19.1. The summed E-state index contributed by atoms with van der Waals surface area (Å²) < 4.78 is 1.65. The third-order valence-electron chi connectivity index (χ3n) is 4.70. The molecule has 0 aliphatic carbocycles. The molecule has 7 nitrogen and oxygen atoms in total. The van der Waals surface area contributed by atoms with E-state index in [0.29, 0.717) is 5.82 Å². The molecule has 2 heterocycles. The Kier molecular flexibility index (Phi) is 5.14. The summed E-state index contributed by atoms with van der Waals surface area (Å²) >= 11 is 0. The molecule has 1 N–H and O–H groups in total. The number of para-hydroxylation sites is 1. The van der Waals surface area contributed by atoms with Crippen LogP contribution in [-0.4, -0.2) is 51.1 Å². The lowest BCUT2D eigenvalue weighted by atomic mass is 10.2. The Morgan fingerprint density at radius 3 is 2.25 bits per heavy atom. The molecule has 1 fully saturated rings. The molecule has 1 aliphatic rings. The van der Waals surface area contributed by atoms with Gasteiger partial charge in [-0.15, -0.1) is 5.10 Å². The van der Waals surface area contributed by atoms with Gasteiger partial charge in [0.1, 0.15) is 0 Å². The molecule has 4 rings (SSSR count). The number of carbonyl (C=O) groups is 2. The quantitative estimate of drug-likeness (QED) is 0.742. The standard InChI is InChI=1S/C21H21N5O2/c27-18(25-13-7-8-14-25)15-22-21(28)19-23-20(16-9-3-1-4-10-16)26(24-19)17-11-5-2-6-12-17/h1-6,9-12H,7-8,13-15H2,(H,22,28). The third-order valence-corrected chi connectivity index (χ3v) is 4.70. The zero-order valence-corrected chi connectivity index (χ0v) is 15.4. The molecule has 0 spiro atoms. The van der Waals surface area contributed by atoms with Gasteiger partial charge in [0, 0.05) is 18.7 Å². The van der Waals surface area contributed by atoms with Crippen LogP contribution in [0, 0.1) is 0 Å². The number of benzene rings is 2. The summed E-state index contributed by atoms with van der Waals surface area (Å²) in [6.07, 6.45) is 2.03. The number of aromatic nitrogens is 3. The first-order chi connectivity index (χ1) is 13.7. The van der Waals surface area contributed by atoms with Crippen LogP contribution in [0.25, 0.3) is 17.1 Å². The minimum Gasteiger partial charge on any atom is -0.341 e. The molecule has 0 atom stereocenters. The first kappa shape index (κ1) is 17.9. The number of nitrogens with zero attached hydrogens (tertiary/aromatic N) is 4. The van der Waals surface area contributed by atoms with Crippen LogP contribution in [0.2, 0.25) is 0 Å². The summed E-state index contributed by atoms with van der Waals surface area (Å²) in [6.45, 7) is 1.47. The molecular weight excluding hydrogens is 354 g/mol. The highest BCUT2D eigenvalue weighted by atomic mass is 16.2. The smallest absolute Gasteiger partial charge is 0.291 e. The molecule has 0 unspecified atom stereocenters. The second-order valence-corrected chi connectivity index (χ2v) is 6.64. The van der Waals surface area contributed by atoms with Crippen molar-refractivity contribution < 1.29 is 9.59 Å². The number of nitrogens with one attached hydrogen (secondary N) is 1. The Bertz CT molecular complexity index is 906. The molecule has 0 saturated carbocycles. The van der Waals surface area contributed by atoms with Crippen molar-refractivity contribution in [3.63, 3.8) is 0 Å². The molecule has 1 aromatic heterocycles. The van der Waals surface area contributed by atoms with E-state index in [0.717, 1.165) is 37.2 Å². The van der Waals surface area contributed by atoms with Crippen molar-refractivity contribution in [1.82, 2.24) is 25.0 Å². The van der Waals surface area contributed by atoms with E-state index in [4.69, 9.17) is 0 Å². The number of hydrogen-bond donors (Lipinski definition) is 1. The van der Waals surface area contributed by atoms with Crippen LogP contribution in [-0.2, 0) is 4.79 Å². The van der Waals surface area contributed by atoms with E-state index in [2.05, 4.69) is 15.4 Å². The van der Waals surface area contributed by atoms with Gasteiger partial charge in [-0.25, -0.2) is 9.67 Å². The molecule has 0 radical (unpaired) electrons. The first-order valence-corrected chi connectivity index (χ1v) is 9.36. The molecular formula is C21H21N5O2. The maximum Gasteiger partial charge on any atom is 0.291 e. The molecule has 1 aliphatic heterocycles. The van der Waals surface area contributed by atoms with Gasteiger partial charge < -0.3 is 10.2 Å². The Morgan fingerprint density at radius 2 is 1.57 bits per heavy atom. The van der Waals surface area contributed by atoms with Gasteiger partial charge in [0.05, 0.1) is 12.2 Å². The van der Waals surface area contributed by atoms with Crippen molar-refractivity contribution >= 4 is 11.8 Å². The SMILES string of the molecule is O=C(NCC(=O)N1CCCC1)c1nc(-c2ccccc2)n(-c2ccccc2)n1. The van der Waals surface area contributed by atoms with Gasteiger partial charge in [0.15, 0.2) is 5.82 Å². The summed E-state index contributed by atoms with van der Waals surface area (Å²) in [5.74, 6) is 0.0794. The number of rotatable bonds is 5. The minimum absolute atomic E-state index is 0.0388. The summed E-state index contributed by atoms with van der Waals surface area (Å²) in [4.78, 5) is 31.0. The highest BCUT2D eigenvalue weighted by molar-refractivity contribution is 5.93. The number of carbonyl (C=O) groups excluding carboxylic acids is 2. The van der Waals surface area contributed by atoms with Gasteiger partial charge in [-0.2, -0.15) is 0 Å². The van der Waals surface area contributed by atoms with E-state index < -0.39 is 5.91 Å². The van der Waals surface area contributed by atoms with Crippen molar-refractivity contribution in [1.29, 1.82) is 0 Å². The number of amides is 2. The molecule has 2 amide bonds. The molecule has 0 bridgehead atoms. The fourth-order valence-corrected chi connectivity index (χ4v) is 3.24. The zero-order valence-electron chi connectivity index (χ0n) is 15.4. The number of likely N-dealkylation sites (tertiary alicyclic amines) is 1. The maximum atomic E-state index is 12.6. The largest absolute Gasteiger partial charge is 0.341 e. The van der Waals surface area contributed by atoms with E-state index in [9.17, 15) is 9.59 Å². The average molecular weight is 375 g/mol. The van der Waals surface area contributed by atoms with Gasteiger partial charge >= 0.3 is 0 Å². The lowest BCUT2D eigenvalue weighted by Crippen LogP contribution is -2.39. The number of hydrogen-bond acceptors (Lipinski definition) is 4. The topological polar surface area (TPSA) is 80.1 Å². The lowest BCUT2D eigenvalue weighted by molar-refractivity contribution is -0.129. The fourth-order valence-electron chi connectivity index (χ4n) is 3.24. The molecule has 1 saturated heterocycles. The van der Waals surface area contributed by atoms with E-state index >= 15 is 0 Å². The second-order valence-electron chi connectivity index (χ2n) is 6.64. The Labute approximate surface area is 163 Å². The predicted molar refractivity (Wildman–Crippen MR) is 105 cm³/mol. The van der Waals surface area contributed by atoms with Crippen molar-refractivity contribution in [3.05, 3.63) is 66.5 Å². The second kappa shape index (κ2) is 8.04. The van der Waals surface area contributed by atoms with Crippen molar-refractivity contribution in [2.24, 2.45) is 0 Å². The van der Waals surface area contributed by atoms with Gasteiger partial charge in [0.2, 0.25) is 11.7 Å². The summed E-state index contributed by atoms with van der Waals surface area (Å²) in [5.41, 5.74) is 1.66. The van der Waals surface area contributed by atoms with Gasteiger partial charge in [0.25, 0.3) is 5.91 Å². The van der Waals surface area contributed by atoms with Crippen molar-refractivity contribution in [3.8, 4) is 17.1 Å². The van der Waals surface area contributed by atoms with E-state index in [1.807, 2.05) is 60.7 Å². The van der Waals surface area contributed by atoms with Gasteiger partial charge in [-0.1, -0.05) is 48.5 Å². The van der Waals surface area contributed by atoms with Crippen LogP contribution < -0.4 is 5.32 Å². The van der Waals surface area contributed by atoms with Crippen LogP contribution in [0.3, 0.4) is 0 Å². The molecule has 28 heavy (non-hydrogen) atoms. The molecule has 142 valence electrons. The van der Waals surface area contributed by atoms with Crippen LogP contribution in [0.15, 0.2) is 60.7 Å². The van der Waals surface area contributed by atoms with Gasteiger partial charge in [-0.05, 0) is 25.0 Å². The van der Waals surface area contributed by atoms with Crippen molar-refractivity contribution in [2.45, 2.75) is 12.8 Å². The van der Waals surface area contributed by atoms with Crippen LogP contribution in [0.1, 0.15) is 23.5 Å². The van der Waals surface area contributed by atoms with E-state index in [1.54, 1.807) is 9.58 Å². The van der Waals surface area contributed by atoms with Crippen molar-refractivity contribution in [2.75, 3.05) is 19.6 Å². The Morgan fingerprint density at radius 1 is 0.929 bits per heavy atom. The lowest BCUT2D eigenvalue weighted by Gasteiger charge is -2.14. The summed E-state index contributed by atoms with van der Waals surface area (Å²) in [5, 5.41) is 7.05. The van der Waals surface area contributed by atoms with E-state index in [-0.39, 0.29) is 18.3 Å². The minimum atomic E-state index is -0.459. The fraction of sp³-hybridized carbons (Fsp3) is 0.238.